The van der Waals surface area contributed by atoms with E-state index in [0.29, 0.717) is 19.5 Å². The van der Waals surface area contributed by atoms with Gasteiger partial charge in [-0.1, -0.05) is 6.92 Å². The number of nitrogens with one attached hydrogen (secondary N) is 1. The number of hydroxylamine groups is 2. The summed E-state index contributed by atoms with van der Waals surface area (Å²) in [6.45, 7) is 3.72. The summed E-state index contributed by atoms with van der Waals surface area (Å²) >= 11 is 0. The fraction of sp³-hybridized carbons (Fsp3) is 0.857. The standard InChI is InChI=1S/C7H13N3O/c1-2-9-7(5-8)3-4-10(11)6-7/h9,11H,2-4,6H2,1H3. The molecule has 0 aromatic rings. The van der Waals surface area contributed by atoms with Crippen LogP contribution in [0.1, 0.15) is 13.3 Å². The lowest BCUT2D eigenvalue weighted by molar-refractivity contribution is -0.0718. The third kappa shape index (κ3) is 1.69. The molecule has 1 fully saturated rings. The van der Waals surface area contributed by atoms with E-state index in [9.17, 15) is 0 Å². The van der Waals surface area contributed by atoms with Crippen molar-refractivity contribution in [1.29, 1.82) is 5.26 Å². The topological polar surface area (TPSA) is 59.3 Å². The monoisotopic (exact) mass is 155 g/mol. The molecule has 4 nitrogen and oxygen atoms in total. The van der Waals surface area contributed by atoms with Gasteiger partial charge in [-0.3, -0.25) is 5.32 Å². The predicted octanol–water partition coefficient (Wildman–Crippen LogP) is -0.0468. The van der Waals surface area contributed by atoms with E-state index in [1.807, 2.05) is 6.92 Å². The highest BCUT2D eigenvalue weighted by molar-refractivity contribution is 5.11. The molecule has 1 atom stereocenters. The number of likely N-dealkylation sites (N-methyl/N-ethyl adjacent to an activating group) is 1. The molecular weight excluding hydrogens is 142 g/mol. The van der Waals surface area contributed by atoms with Gasteiger partial charge in [-0.25, -0.2) is 0 Å². The number of rotatable bonds is 2. The van der Waals surface area contributed by atoms with Crippen LogP contribution in [-0.2, 0) is 0 Å². The number of nitrogens with zero attached hydrogens (tertiary/aromatic N) is 2. The Kier molecular flexibility index (Phi) is 2.45. The van der Waals surface area contributed by atoms with Gasteiger partial charge < -0.3 is 5.21 Å². The summed E-state index contributed by atoms with van der Waals surface area (Å²) in [7, 11) is 0. The van der Waals surface area contributed by atoms with E-state index in [1.54, 1.807) is 0 Å². The maximum atomic E-state index is 9.06. The molecule has 0 amide bonds. The van der Waals surface area contributed by atoms with Crippen LogP contribution in [0.25, 0.3) is 0 Å². The summed E-state index contributed by atoms with van der Waals surface area (Å²) < 4.78 is 0. The minimum Gasteiger partial charge on any atom is -0.314 e. The van der Waals surface area contributed by atoms with Crippen molar-refractivity contribution in [3.63, 3.8) is 0 Å². The van der Waals surface area contributed by atoms with Crippen LogP contribution < -0.4 is 5.32 Å². The molecule has 1 saturated heterocycles. The Morgan fingerprint density at radius 1 is 1.82 bits per heavy atom. The van der Waals surface area contributed by atoms with Crippen molar-refractivity contribution in [2.24, 2.45) is 0 Å². The van der Waals surface area contributed by atoms with E-state index in [1.165, 1.54) is 5.06 Å². The Morgan fingerprint density at radius 2 is 2.55 bits per heavy atom. The quantitative estimate of drug-likeness (QED) is 0.587. The molecule has 1 aliphatic rings. The molecule has 0 aromatic heterocycles. The summed E-state index contributed by atoms with van der Waals surface area (Å²) in [6.07, 6.45) is 0.702. The van der Waals surface area contributed by atoms with Gasteiger partial charge in [0.15, 0.2) is 0 Å². The highest BCUT2D eigenvalue weighted by atomic mass is 16.5. The van der Waals surface area contributed by atoms with Crippen LogP contribution in [0.3, 0.4) is 0 Å². The van der Waals surface area contributed by atoms with Gasteiger partial charge in [-0.05, 0) is 13.0 Å². The Labute approximate surface area is 66.4 Å². The van der Waals surface area contributed by atoms with Crippen LogP contribution in [0.2, 0.25) is 0 Å². The van der Waals surface area contributed by atoms with Gasteiger partial charge >= 0.3 is 0 Å². The number of hydrogen-bond donors (Lipinski definition) is 2. The SMILES string of the molecule is CCNC1(C#N)CCN(O)C1. The fourth-order valence-electron chi connectivity index (χ4n) is 1.40. The second kappa shape index (κ2) is 3.18. The van der Waals surface area contributed by atoms with Crippen LogP contribution in [-0.4, -0.2) is 35.4 Å². The molecule has 1 unspecified atom stereocenters. The molecule has 0 saturated carbocycles. The van der Waals surface area contributed by atoms with E-state index >= 15 is 0 Å². The van der Waals surface area contributed by atoms with Gasteiger partial charge in [0.05, 0.1) is 12.6 Å². The van der Waals surface area contributed by atoms with Crippen molar-refractivity contribution < 1.29 is 5.21 Å². The molecule has 1 rings (SSSR count). The summed E-state index contributed by atoms with van der Waals surface area (Å²) in [5.41, 5.74) is -0.510. The van der Waals surface area contributed by atoms with Crippen molar-refractivity contribution in [2.45, 2.75) is 18.9 Å². The second-order valence-corrected chi connectivity index (χ2v) is 2.86. The van der Waals surface area contributed by atoms with Gasteiger partial charge in [-0.2, -0.15) is 10.3 Å². The zero-order valence-corrected chi connectivity index (χ0v) is 6.67. The predicted molar refractivity (Wildman–Crippen MR) is 40.0 cm³/mol. The molecule has 0 radical (unpaired) electrons. The fourth-order valence-corrected chi connectivity index (χ4v) is 1.40. The van der Waals surface area contributed by atoms with Gasteiger partial charge in [0.25, 0.3) is 0 Å². The zero-order valence-electron chi connectivity index (χ0n) is 6.67. The maximum absolute atomic E-state index is 9.06. The molecule has 0 aromatic carbocycles. The van der Waals surface area contributed by atoms with E-state index in [4.69, 9.17) is 10.5 Å². The van der Waals surface area contributed by atoms with Crippen molar-refractivity contribution in [2.75, 3.05) is 19.6 Å². The van der Waals surface area contributed by atoms with Crippen molar-refractivity contribution in [3.8, 4) is 6.07 Å². The van der Waals surface area contributed by atoms with E-state index in [-0.39, 0.29) is 0 Å². The molecule has 0 aliphatic carbocycles. The summed E-state index contributed by atoms with van der Waals surface area (Å²) in [5, 5.41) is 22.1. The highest BCUT2D eigenvalue weighted by Crippen LogP contribution is 2.18. The second-order valence-electron chi connectivity index (χ2n) is 2.86. The van der Waals surface area contributed by atoms with Crippen molar-refractivity contribution in [3.05, 3.63) is 0 Å². The first kappa shape index (κ1) is 8.47. The van der Waals surface area contributed by atoms with Crippen molar-refractivity contribution in [1.82, 2.24) is 10.4 Å². The molecule has 0 bridgehead atoms. The normalized spacial score (nSPS) is 32.1. The minimum absolute atomic E-state index is 0.414. The largest absolute Gasteiger partial charge is 0.314 e. The molecule has 62 valence electrons. The number of hydrogen-bond acceptors (Lipinski definition) is 4. The summed E-state index contributed by atoms with van der Waals surface area (Å²) in [4.78, 5) is 0. The third-order valence-electron chi connectivity index (χ3n) is 1.98. The first-order chi connectivity index (χ1) is 5.22. The van der Waals surface area contributed by atoms with Gasteiger partial charge in [-0.15, -0.1) is 0 Å². The lowest BCUT2D eigenvalue weighted by Gasteiger charge is -2.20. The Balaban J connectivity index is 2.57. The van der Waals surface area contributed by atoms with Crippen LogP contribution in [0.15, 0.2) is 0 Å². The first-order valence-corrected chi connectivity index (χ1v) is 3.82. The van der Waals surface area contributed by atoms with E-state index in [0.717, 1.165) is 6.54 Å². The lowest BCUT2D eigenvalue weighted by atomic mass is 10.0. The molecule has 1 heterocycles. The van der Waals surface area contributed by atoms with Crippen LogP contribution in [0.4, 0.5) is 0 Å². The molecule has 4 heteroatoms. The van der Waals surface area contributed by atoms with Crippen molar-refractivity contribution >= 4 is 0 Å². The molecular formula is C7H13N3O. The van der Waals surface area contributed by atoms with Crippen LogP contribution in [0, 0.1) is 11.3 Å². The zero-order chi connectivity index (χ0) is 8.32. The van der Waals surface area contributed by atoms with Gasteiger partial charge in [0.1, 0.15) is 5.54 Å². The molecule has 2 N–H and O–H groups in total. The average Bonchev–Trinajstić information content (AvgIpc) is 2.34. The maximum Gasteiger partial charge on any atom is 0.123 e. The van der Waals surface area contributed by atoms with Crippen LogP contribution >= 0.6 is 0 Å². The van der Waals surface area contributed by atoms with E-state index in [2.05, 4.69) is 11.4 Å². The molecule has 0 spiro atoms. The smallest absolute Gasteiger partial charge is 0.123 e. The lowest BCUT2D eigenvalue weighted by Crippen LogP contribution is -2.45. The average molecular weight is 155 g/mol. The Hall–Kier alpha value is -0.630. The number of nitriles is 1. The van der Waals surface area contributed by atoms with Gasteiger partial charge in [0, 0.05) is 6.54 Å². The summed E-state index contributed by atoms with van der Waals surface area (Å²) in [6, 6.07) is 2.20. The Bertz CT molecular complexity index is 173. The van der Waals surface area contributed by atoms with E-state index < -0.39 is 5.54 Å². The summed E-state index contributed by atoms with van der Waals surface area (Å²) in [5.74, 6) is 0. The Morgan fingerprint density at radius 3 is 2.91 bits per heavy atom. The highest BCUT2D eigenvalue weighted by Gasteiger charge is 2.36. The third-order valence-corrected chi connectivity index (χ3v) is 1.98. The molecule has 11 heavy (non-hydrogen) atoms. The van der Waals surface area contributed by atoms with Crippen LogP contribution in [0.5, 0.6) is 0 Å². The minimum atomic E-state index is -0.510. The van der Waals surface area contributed by atoms with Gasteiger partial charge in [0.2, 0.25) is 0 Å². The first-order valence-electron chi connectivity index (χ1n) is 3.82. The molecule has 1 aliphatic heterocycles.